The molecule has 0 heterocycles. The molecule has 1 N–H and O–H groups in total. The van der Waals surface area contributed by atoms with Crippen LogP contribution in [0, 0.1) is 5.92 Å². The third kappa shape index (κ3) is 2.87. The maximum atomic E-state index is 9.75. The van der Waals surface area contributed by atoms with E-state index in [4.69, 9.17) is 23.2 Å². The molecule has 82 valence electrons. The molecule has 0 aliphatic heterocycles. The van der Waals surface area contributed by atoms with E-state index in [9.17, 15) is 5.11 Å². The van der Waals surface area contributed by atoms with E-state index in [1.165, 1.54) is 0 Å². The van der Waals surface area contributed by atoms with Gasteiger partial charge in [0.05, 0.1) is 6.10 Å². The molecule has 15 heavy (non-hydrogen) atoms. The van der Waals surface area contributed by atoms with Gasteiger partial charge in [-0.15, -0.1) is 0 Å². The SMILES string of the molecule is OC(CCc1c(Cl)cccc1Cl)C1CC1. The van der Waals surface area contributed by atoms with Gasteiger partial charge in [-0.1, -0.05) is 29.3 Å². The van der Waals surface area contributed by atoms with E-state index in [0.29, 0.717) is 16.0 Å². The van der Waals surface area contributed by atoms with Crippen LogP contribution in [0.15, 0.2) is 18.2 Å². The summed E-state index contributed by atoms with van der Waals surface area (Å²) in [7, 11) is 0. The Balaban J connectivity index is 1.97. The van der Waals surface area contributed by atoms with Gasteiger partial charge >= 0.3 is 0 Å². The average Bonchev–Trinajstić information content (AvgIpc) is 2.99. The van der Waals surface area contributed by atoms with Crippen LogP contribution in [-0.2, 0) is 6.42 Å². The Hall–Kier alpha value is -0.240. The third-order valence-corrected chi connectivity index (χ3v) is 3.63. The molecular weight excluding hydrogens is 231 g/mol. The van der Waals surface area contributed by atoms with Crippen molar-refractivity contribution in [1.29, 1.82) is 0 Å². The van der Waals surface area contributed by atoms with E-state index in [0.717, 1.165) is 31.2 Å². The fraction of sp³-hybridized carbons (Fsp3) is 0.500. The van der Waals surface area contributed by atoms with Crippen LogP contribution in [-0.4, -0.2) is 11.2 Å². The molecule has 0 aromatic heterocycles. The fourth-order valence-corrected chi connectivity index (χ4v) is 2.37. The van der Waals surface area contributed by atoms with Crippen LogP contribution < -0.4 is 0 Å². The van der Waals surface area contributed by atoms with Crippen molar-refractivity contribution < 1.29 is 5.11 Å². The molecule has 1 saturated carbocycles. The average molecular weight is 245 g/mol. The van der Waals surface area contributed by atoms with Crippen LogP contribution in [0.3, 0.4) is 0 Å². The number of aliphatic hydroxyl groups excluding tert-OH is 1. The zero-order chi connectivity index (χ0) is 10.8. The van der Waals surface area contributed by atoms with Crippen LogP contribution in [0.5, 0.6) is 0 Å². The van der Waals surface area contributed by atoms with Crippen molar-refractivity contribution in [2.45, 2.75) is 31.8 Å². The van der Waals surface area contributed by atoms with Gasteiger partial charge in [-0.3, -0.25) is 0 Å². The minimum absolute atomic E-state index is 0.183. The van der Waals surface area contributed by atoms with Crippen molar-refractivity contribution in [3.05, 3.63) is 33.8 Å². The normalized spacial score (nSPS) is 17.8. The molecule has 0 spiro atoms. The Morgan fingerprint density at radius 2 is 1.87 bits per heavy atom. The maximum absolute atomic E-state index is 9.75. The van der Waals surface area contributed by atoms with Gasteiger partial charge in [-0.05, 0) is 49.3 Å². The van der Waals surface area contributed by atoms with Gasteiger partial charge in [-0.2, -0.15) is 0 Å². The van der Waals surface area contributed by atoms with Crippen LogP contribution in [0.2, 0.25) is 10.0 Å². The Bertz CT molecular complexity index is 327. The molecule has 0 bridgehead atoms. The number of benzene rings is 1. The molecular formula is C12H14Cl2O. The second-order valence-electron chi connectivity index (χ2n) is 4.14. The Labute approximate surface area is 100 Å². The molecule has 1 aromatic rings. The third-order valence-electron chi connectivity index (χ3n) is 2.92. The lowest BCUT2D eigenvalue weighted by atomic mass is 10.0. The maximum Gasteiger partial charge on any atom is 0.0571 e. The zero-order valence-corrected chi connectivity index (χ0v) is 9.93. The fourth-order valence-electron chi connectivity index (χ4n) is 1.78. The number of aliphatic hydroxyl groups is 1. The van der Waals surface area contributed by atoms with Crippen LogP contribution in [0.25, 0.3) is 0 Å². The monoisotopic (exact) mass is 244 g/mol. The van der Waals surface area contributed by atoms with Gasteiger partial charge in [-0.25, -0.2) is 0 Å². The van der Waals surface area contributed by atoms with Gasteiger partial charge in [0.1, 0.15) is 0 Å². The quantitative estimate of drug-likeness (QED) is 0.857. The first-order valence-corrected chi connectivity index (χ1v) is 6.05. The lowest BCUT2D eigenvalue weighted by molar-refractivity contribution is 0.142. The first-order valence-electron chi connectivity index (χ1n) is 5.29. The summed E-state index contributed by atoms with van der Waals surface area (Å²) >= 11 is 12.1. The first-order chi connectivity index (χ1) is 7.18. The predicted octanol–water partition coefficient (Wildman–Crippen LogP) is 3.70. The van der Waals surface area contributed by atoms with E-state index in [-0.39, 0.29) is 6.10 Å². The number of halogens is 2. The summed E-state index contributed by atoms with van der Waals surface area (Å²) in [4.78, 5) is 0. The highest BCUT2D eigenvalue weighted by atomic mass is 35.5. The Kier molecular flexibility index (Phi) is 3.55. The lowest BCUT2D eigenvalue weighted by Crippen LogP contribution is -2.10. The zero-order valence-electron chi connectivity index (χ0n) is 8.42. The molecule has 1 aliphatic carbocycles. The summed E-state index contributed by atoms with van der Waals surface area (Å²) in [5.41, 5.74) is 0.959. The Morgan fingerprint density at radius 1 is 1.27 bits per heavy atom. The minimum Gasteiger partial charge on any atom is -0.393 e. The first kappa shape index (κ1) is 11.3. The highest BCUT2D eigenvalue weighted by molar-refractivity contribution is 6.35. The molecule has 1 aromatic carbocycles. The van der Waals surface area contributed by atoms with Crippen molar-refractivity contribution in [2.75, 3.05) is 0 Å². The van der Waals surface area contributed by atoms with Gasteiger partial charge in [0.2, 0.25) is 0 Å². The summed E-state index contributed by atoms with van der Waals surface area (Å²) < 4.78 is 0. The van der Waals surface area contributed by atoms with Gasteiger partial charge in [0.15, 0.2) is 0 Å². The van der Waals surface area contributed by atoms with Gasteiger partial charge in [0.25, 0.3) is 0 Å². The molecule has 3 heteroatoms. The van der Waals surface area contributed by atoms with Crippen LogP contribution in [0.4, 0.5) is 0 Å². The standard InChI is InChI=1S/C12H14Cl2O/c13-10-2-1-3-11(14)9(10)6-7-12(15)8-4-5-8/h1-3,8,12,15H,4-7H2. The summed E-state index contributed by atoms with van der Waals surface area (Å²) in [6.45, 7) is 0. The van der Waals surface area contributed by atoms with Crippen molar-refractivity contribution in [1.82, 2.24) is 0 Å². The van der Waals surface area contributed by atoms with E-state index in [1.54, 1.807) is 0 Å². The molecule has 1 fully saturated rings. The van der Waals surface area contributed by atoms with E-state index in [1.807, 2.05) is 18.2 Å². The molecule has 1 nitrogen and oxygen atoms in total. The molecule has 2 rings (SSSR count). The molecule has 0 saturated heterocycles. The van der Waals surface area contributed by atoms with E-state index in [2.05, 4.69) is 0 Å². The number of rotatable bonds is 4. The van der Waals surface area contributed by atoms with Crippen LogP contribution in [0.1, 0.15) is 24.8 Å². The molecule has 0 amide bonds. The molecule has 0 radical (unpaired) electrons. The highest BCUT2D eigenvalue weighted by Gasteiger charge is 2.29. The van der Waals surface area contributed by atoms with Crippen molar-refractivity contribution in [3.8, 4) is 0 Å². The van der Waals surface area contributed by atoms with Crippen molar-refractivity contribution in [2.24, 2.45) is 5.92 Å². The summed E-state index contributed by atoms with van der Waals surface area (Å²) in [5.74, 6) is 0.520. The van der Waals surface area contributed by atoms with Gasteiger partial charge in [0, 0.05) is 10.0 Å². The second-order valence-corrected chi connectivity index (χ2v) is 4.96. The van der Waals surface area contributed by atoms with Crippen molar-refractivity contribution in [3.63, 3.8) is 0 Å². The topological polar surface area (TPSA) is 20.2 Å². The minimum atomic E-state index is -0.183. The molecule has 1 aliphatic rings. The highest BCUT2D eigenvalue weighted by Crippen LogP contribution is 2.35. The summed E-state index contributed by atoms with van der Waals surface area (Å²) in [6.07, 6.45) is 3.66. The summed E-state index contributed by atoms with van der Waals surface area (Å²) in [6, 6.07) is 5.52. The van der Waals surface area contributed by atoms with Crippen LogP contribution >= 0.6 is 23.2 Å². The van der Waals surface area contributed by atoms with Gasteiger partial charge < -0.3 is 5.11 Å². The molecule has 1 atom stereocenters. The number of hydrogen-bond acceptors (Lipinski definition) is 1. The largest absolute Gasteiger partial charge is 0.393 e. The second kappa shape index (κ2) is 4.73. The molecule has 1 unspecified atom stereocenters. The van der Waals surface area contributed by atoms with E-state index >= 15 is 0 Å². The lowest BCUT2D eigenvalue weighted by Gasteiger charge is -2.10. The summed E-state index contributed by atoms with van der Waals surface area (Å²) in [5, 5.41) is 11.1. The Morgan fingerprint density at radius 3 is 2.40 bits per heavy atom. The predicted molar refractivity (Wildman–Crippen MR) is 63.5 cm³/mol. The number of hydrogen-bond donors (Lipinski definition) is 1. The smallest absolute Gasteiger partial charge is 0.0571 e. The van der Waals surface area contributed by atoms with Crippen molar-refractivity contribution >= 4 is 23.2 Å². The van der Waals surface area contributed by atoms with E-state index < -0.39 is 0 Å².